The summed E-state index contributed by atoms with van der Waals surface area (Å²) in [5.74, 6) is 8.40. The quantitative estimate of drug-likeness (QED) is 0.539. The molecule has 0 saturated carbocycles. The molecule has 9 heteroatoms. The number of piperidine rings is 1. The van der Waals surface area contributed by atoms with E-state index >= 15 is 0 Å². The fraction of sp³-hybridized carbons (Fsp3) is 0.379. The number of para-hydroxylation sites is 2. The van der Waals surface area contributed by atoms with Gasteiger partial charge in [-0.2, -0.15) is 5.10 Å². The minimum atomic E-state index is -0.216. The Kier molecular flexibility index (Phi) is 6.34. The van der Waals surface area contributed by atoms with Gasteiger partial charge in [-0.1, -0.05) is 30.2 Å². The van der Waals surface area contributed by atoms with E-state index in [-0.39, 0.29) is 18.1 Å². The van der Waals surface area contributed by atoms with Crippen LogP contribution in [0.1, 0.15) is 38.3 Å². The molecule has 3 aromatic rings. The molecule has 1 aromatic carbocycles. The van der Waals surface area contributed by atoms with Crippen LogP contribution >= 0.6 is 0 Å². The van der Waals surface area contributed by atoms with Crippen LogP contribution in [0.15, 0.2) is 57.5 Å². The Morgan fingerprint density at radius 1 is 1.26 bits per heavy atom. The molecule has 3 aliphatic rings. The molecule has 1 aliphatic carbocycles. The Labute approximate surface area is 221 Å². The molecule has 2 aromatic heterocycles. The lowest BCUT2D eigenvalue weighted by Gasteiger charge is -2.31. The molecule has 9 nitrogen and oxygen atoms in total. The van der Waals surface area contributed by atoms with Crippen molar-refractivity contribution in [3.63, 3.8) is 0 Å². The van der Waals surface area contributed by atoms with Crippen LogP contribution in [0, 0.1) is 18.8 Å². The number of anilines is 1. The first-order valence-corrected chi connectivity index (χ1v) is 13.2. The highest BCUT2D eigenvalue weighted by atomic mass is 16.5. The van der Waals surface area contributed by atoms with Crippen LogP contribution in [0.4, 0.5) is 11.6 Å². The summed E-state index contributed by atoms with van der Waals surface area (Å²) < 4.78 is 9.68. The molecule has 1 atom stereocenters. The number of aromatic nitrogens is 4. The van der Waals surface area contributed by atoms with Gasteiger partial charge in [-0.25, -0.2) is 14.7 Å². The smallest absolute Gasteiger partial charge is 0.293 e. The number of aryl methyl sites for hydroxylation is 1. The minimum absolute atomic E-state index is 0.0783. The lowest BCUT2D eigenvalue weighted by atomic mass is 10.0. The van der Waals surface area contributed by atoms with Crippen LogP contribution in [0.2, 0.25) is 0 Å². The monoisotopic (exact) mass is 509 g/mol. The Morgan fingerprint density at radius 2 is 2.13 bits per heavy atom. The molecule has 1 fully saturated rings. The van der Waals surface area contributed by atoms with Crippen LogP contribution in [-0.2, 0) is 13.1 Å². The lowest BCUT2D eigenvalue weighted by molar-refractivity contribution is 0.402. The third kappa shape index (κ3) is 4.31. The maximum atomic E-state index is 14.0. The number of ether oxygens (including phenoxy) is 1. The summed E-state index contributed by atoms with van der Waals surface area (Å²) in [7, 11) is 0. The zero-order chi connectivity index (χ0) is 26.2. The zero-order valence-corrected chi connectivity index (χ0v) is 21.8. The summed E-state index contributed by atoms with van der Waals surface area (Å²) in [5, 5.41) is 4.69. The first-order valence-electron chi connectivity index (χ1n) is 13.2. The van der Waals surface area contributed by atoms with Gasteiger partial charge < -0.3 is 15.4 Å². The number of imidazole rings is 1. The number of hydrogen-bond donors (Lipinski definition) is 1. The summed E-state index contributed by atoms with van der Waals surface area (Å²) in [6.07, 6.45) is 7.81. The van der Waals surface area contributed by atoms with Crippen molar-refractivity contribution in [2.24, 2.45) is 10.7 Å². The van der Waals surface area contributed by atoms with Gasteiger partial charge in [0.15, 0.2) is 5.75 Å². The molecule has 0 unspecified atom stereocenters. The highest BCUT2D eigenvalue weighted by Gasteiger charge is 2.27. The third-order valence-corrected chi connectivity index (χ3v) is 7.24. The number of benzene rings is 1. The normalized spacial score (nSPS) is 18.8. The van der Waals surface area contributed by atoms with Crippen LogP contribution in [0.25, 0.3) is 11.0 Å². The van der Waals surface area contributed by atoms with Crippen molar-refractivity contribution < 1.29 is 4.74 Å². The van der Waals surface area contributed by atoms with Gasteiger partial charge in [-0.15, -0.1) is 5.92 Å². The summed E-state index contributed by atoms with van der Waals surface area (Å²) in [6, 6.07) is 7.80. The molecule has 0 amide bonds. The van der Waals surface area contributed by atoms with E-state index in [4.69, 9.17) is 25.5 Å². The topological polar surface area (TPSA) is 104 Å². The van der Waals surface area contributed by atoms with E-state index in [1.165, 1.54) is 4.68 Å². The SMILES string of the molecule is CC#CCn1c(N2CCC[C@@H](N)C2)nc2c(C)nn(CC3=Nc4ccccc4OC4=C3C=CCC4)c(=O)c21. The van der Waals surface area contributed by atoms with Gasteiger partial charge >= 0.3 is 0 Å². The standard InChI is InChI=1S/C29H31N7O2/c1-3-4-16-35-27-26(32-29(35)34-15-9-10-20(30)17-34)19(2)33-36(28(27)37)18-23-21-11-5-7-13-24(21)38-25-14-8-6-12-22(25)31-23/h5-6,8,11-12,14,20H,7,9-10,13,15-18,30H2,1-2H3/t20-/m1/s1. The van der Waals surface area contributed by atoms with Crippen molar-refractivity contribution in [3.8, 4) is 17.6 Å². The zero-order valence-electron chi connectivity index (χ0n) is 21.8. The summed E-state index contributed by atoms with van der Waals surface area (Å²) in [5.41, 5.74) is 10.3. The van der Waals surface area contributed by atoms with Crippen molar-refractivity contribution in [2.45, 2.75) is 58.7 Å². The second-order valence-corrected chi connectivity index (χ2v) is 9.92. The second-order valence-electron chi connectivity index (χ2n) is 9.92. The number of allylic oxidation sites excluding steroid dienone is 4. The predicted molar refractivity (Wildman–Crippen MR) is 149 cm³/mol. The first kappa shape index (κ1) is 24.2. The molecule has 1 saturated heterocycles. The molecule has 2 N–H and O–H groups in total. The van der Waals surface area contributed by atoms with Gasteiger partial charge in [0.1, 0.15) is 22.5 Å². The largest absolute Gasteiger partial charge is 0.459 e. The third-order valence-electron chi connectivity index (χ3n) is 7.24. The minimum Gasteiger partial charge on any atom is -0.459 e. The number of hydrogen-bond acceptors (Lipinski definition) is 7. The van der Waals surface area contributed by atoms with Gasteiger partial charge in [0.2, 0.25) is 5.95 Å². The number of aliphatic imine (C=N–C) groups is 1. The Morgan fingerprint density at radius 3 is 2.97 bits per heavy atom. The van der Waals surface area contributed by atoms with Crippen LogP contribution in [0.5, 0.6) is 5.75 Å². The number of rotatable bonds is 4. The first-order chi connectivity index (χ1) is 18.5. The van der Waals surface area contributed by atoms with E-state index in [2.05, 4.69) is 22.8 Å². The van der Waals surface area contributed by atoms with E-state index in [0.717, 1.165) is 66.7 Å². The van der Waals surface area contributed by atoms with E-state index in [9.17, 15) is 4.79 Å². The lowest BCUT2D eigenvalue weighted by Crippen LogP contribution is -2.44. The van der Waals surface area contributed by atoms with Gasteiger partial charge in [-0.3, -0.25) is 9.36 Å². The molecule has 38 heavy (non-hydrogen) atoms. The Hall–Kier alpha value is -4.16. The summed E-state index contributed by atoms with van der Waals surface area (Å²) >= 11 is 0. The van der Waals surface area contributed by atoms with E-state index in [0.29, 0.717) is 29.8 Å². The van der Waals surface area contributed by atoms with Crippen molar-refractivity contribution in [1.82, 2.24) is 19.3 Å². The van der Waals surface area contributed by atoms with Crippen molar-refractivity contribution in [1.29, 1.82) is 0 Å². The molecule has 0 bridgehead atoms. The van der Waals surface area contributed by atoms with Crippen molar-refractivity contribution in [3.05, 3.63) is 63.8 Å². The number of nitrogens with zero attached hydrogens (tertiary/aromatic N) is 6. The van der Waals surface area contributed by atoms with E-state index in [1.807, 2.05) is 41.8 Å². The van der Waals surface area contributed by atoms with E-state index < -0.39 is 0 Å². The molecular formula is C29H31N7O2. The second kappa shape index (κ2) is 9.95. The molecule has 194 valence electrons. The molecule has 0 radical (unpaired) electrons. The van der Waals surface area contributed by atoms with Crippen LogP contribution in [0.3, 0.4) is 0 Å². The number of nitrogens with two attached hydrogens (primary N) is 1. The van der Waals surface area contributed by atoms with Gasteiger partial charge in [-0.05, 0) is 45.2 Å². The molecular weight excluding hydrogens is 478 g/mol. The molecule has 4 heterocycles. The average Bonchev–Trinajstić information content (AvgIpc) is 3.23. The summed E-state index contributed by atoms with van der Waals surface area (Å²) in [4.78, 5) is 26.0. The Balaban J connectivity index is 1.49. The highest BCUT2D eigenvalue weighted by molar-refractivity contribution is 6.05. The van der Waals surface area contributed by atoms with Crippen molar-refractivity contribution in [2.75, 3.05) is 18.0 Å². The summed E-state index contributed by atoms with van der Waals surface area (Å²) in [6.45, 7) is 5.82. The fourth-order valence-corrected chi connectivity index (χ4v) is 5.40. The molecule has 0 spiro atoms. The van der Waals surface area contributed by atoms with Crippen LogP contribution in [-0.4, -0.2) is 44.2 Å². The molecule has 6 rings (SSSR count). The average molecular weight is 510 g/mol. The van der Waals surface area contributed by atoms with E-state index in [1.54, 1.807) is 6.92 Å². The highest BCUT2D eigenvalue weighted by Crippen LogP contribution is 2.36. The maximum absolute atomic E-state index is 14.0. The number of fused-ring (bicyclic) bond motifs is 2. The molecule has 2 aliphatic heterocycles. The van der Waals surface area contributed by atoms with Crippen LogP contribution < -0.4 is 20.9 Å². The van der Waals surface area contributed by atoms with Gasteiger partial charge in [0.05, 0.1) is 24.5 Å². The fourth-order valence-electron chi connectivity index (χ4n) is 5.40. The Bertz CT molecular complexity index is 1630. The van der Waals surface area contributed by atoms with Gasteiger partial charge in [0, 0.05) is 31.1 Å². The maximum Gasteiger partial charge on any atom is 0.293 e. The predicted octanol–water partition coefficient (Wildman–Crippen LogP) is 3.62. The van der Waals surface area contributed by atoms with Gasteiger partial charge in [0.25, 0.3) is 5.56 Å². The van der Waals surface area contributed by atoms with Crippen molar-refractivity contribution >= 4 is 28.4 Å².